The molecule has 3 rings (SSSR count). The van der Waals surface area contributed by atoms with Gasteiger partial charge in [0.05, 0.1) is 21.8 Å². The molecule has 0 radical (unpaired) electrons. The van der Waals surface area contributed by atoms with Crippen LogP contribution in [0.5, 0.6) is 0 Å². The second kappa shape index (κ2) is 10.1. The Hall–Kier alpha value is -2.35. The molecule has 0 saturated carbocycles. The summed E-state index contributed by atoms with van der Waals surface area (Å²) in [6.07, 6.45) is 0.736. The van der Waals surface area contributed by atoms with E-state index >= 15 is 0 Å². The van der Waals surface area contributed by atoms with Crippen molar-refractivity contribution >= 4 is 40.2 Å². The Labute approximate surface area is 184 Å². The zero-order valence-electron chi connectivity index (χ0n) is 17.1. The van der Waals surface area contributed by atoms with Gasteiger partial charge in [0, 0.05) is 25.3 Å². The number of halogens is 1. The van der Waals surface area contributed by atoms with Crippen molar-refractivity contribution in [1.82, 2.24) is 14.9 Å². The van der Waals surface area contributed by atoms with Crippen molar-refractivity contribution in [1.29, 1.82) is 0 Å². The molecule has 0 aliphatic carbocycles. The maximum Gasteiger partial charge on any atom is 0.266 e. The van der Waals surface area contributed by atoms with Crippen LogP contribution in [0.15, 0.2) is 52.4 Å². The van der Waals surface area contributed by atoms with Crippen molar-refractivity contribution in [3.8, 4) is 5.69 Å². The van der Waals surface area contributed by atoms with E-state index in [1.165, 1.54) is 11.8 Å². The number of hydrogen-bond donors (Lipinski definition) is 1. The Morgan fingerprint density at radius 1 is 1.27 bits per heavy atom. The van der Waals surface area contributed by atoms with Crippen LogP contribution in [-0.2, 0) is 9.53 Å². The third-order valence-electron chi connectivity index (χ3n) is 4.70. The number of fused-ring (bicyclic) bond motifs is 1. The molecule has 0 aliphatic rings. The number of para-hydroxylation sites is 1. The summed E-state index contributed by atoms with van der Waals surface area (Å²) in [5.74, 6) is -0.118. The highest BCUT2D eigenvalue weighted by molar-refractivity contribution is 8.00. The molecule has 6 nitrogen and oxygen atoms in total. The Morgan fingerprint density at radius 2 is 2.03 bits per heavy atom. The first-order valence-corrected chi connectivity index (χ1v) is 10.9. The number of aromatic nitrogens is 2. The summed E-state index contributed by atoms with van der Waals surface area (Å²) in [6.45, 7) is 4.77. The summed E-state index contributed by atoms with van der Waals surface area (Å²) in [6, 6.07) is 12.6. The summed E-state index contributed by atoms with van der Waals surface area (Å²) in [5.41, 5.74) is 1.83. The van der Waals surface area contributed by atoms with E-state index in [-0.39, 0.29) is 11.5 Å². The topological polar surface area (TPSA) is 73.2 Å². The summed E-state index contributed by atoms with van der Waals surface area (Å²) in [5, 5.41) is 3.98. The van der Waals surface area contributed by atoms with Gasteiger partial charge < -0.3 is 10.1 Å². The lowest BCUT2D eigenvalue weighted by Gasteiger charge is -2.18. The van der Waals surface area contributed by atoms with Gasteiger partial charge in [-0.15, -0.1) is 0 Å². The van der Waals surface area contributed by atoms with Gasteiger partial charge in [-0.3, -0.25) is 14.2 Å². The second-order valence-electron chi connectivity index (χ2n) is 6.83. The molecular formula is C22H24ClN3O3S. The van der Waals surface area contributed by atoms with Gasteiger partial charge in [0.25, 0.3) is 5.56 Å². The molecule has 0 saturated heterocycles. The Bertz CT molecular complexity index is 1120. The number of rotatable bonds is 8. The molecule has 0 aliphatic heterocycles. The summed E-state index contributed by atoms with van der Waals surface area (Å²) < 4.78 is 6.55. The molecule has 0 fully saturated rings. The fraction of sp³-hybridized carbons (Fsp3) is 0.318. The molecular weight excluding hydrogens is 422 g/mol. The van der Waals surface area contributed by atoms with Crippen molar-refractivity contribution in [3.63, 3.8) is 0 Å². The van der Waals surface area contributed by atoms with Crippen LogP contribution in [0.4, 0.5) is 0 Å². The highest BCUT2D eigenvalue weighted by Crippen LogP contribution is 2.28. The predicted molar refractivity (Wildman–Crippen MR) is 122 cm³/mol. The lowest BCUT2D eigenvalue weighted by Crippen LogP contribution is -2.33. The maximum atomic E-state index is 13.4. The lowest BCUT2D eigenvalue weighted by atomic mass is 10.2. The Morgan fingerprint density at radius 3 is 2.80 bits per heavy atom. The molecule has 1 unspecified atom stereocenters. The van der Waals surface area contributed by atoms with Gasteiger partial charge in [-0.25, -0.2) is 4.98 Å². The van der Waals surface area contributed by atoms with E-state index in [1.54, 1.807) is 42.9 Å². The third-order valence-corrected chi connectivity index (χ3v) is 6.16. The van der Waals surface area contributed by atoms with E-state index in [9.17, 15) is 9.59 Å². The van der Waals surface area contributed by atoms with E-state index in [2.05, 4.69) is 5.32 Å². The van der Waals surface area contributed by atoms with E-state index in [1.807, 2.05) is 25.1 Å². The summed E-state index contributed by atoms with van der Waals surface area (Å²) in [4.78, 5) is 30.6. The Balaban J connectivity index is 2.02. The zero-order chi connectivity index (χ0) is 21.7. The molecule has 1 atom stereocenters. The number of nitrogens with one attached hydrogen (secondary N) is 1. The van der Waals surface area contributed by atoms with Crippen molar-refractivity contribution in [3.05, 3.63) is 63.4 Å². The van der Waals surface area contributed by atoms with Crippen molar-refractivity contribution < 1.29 is 9.53 Å². The number of carbonyl (C=O) groups is 1. The molecule has 1 aromatic heterocycles. The minimum absolute atomic E-state index is 0.118. The average molecular weight is 446 g/mol. The molecule has 1 amide bonds. The molecule has 1 N–H and O–H groups in total. The fourth-order valence-corrected chi connectivity index (χ4v) is 4.14. The van der Waals surface area contributed by atoms with Gasteiger partial charge in [0.15, 0.2) is 5.16 Å². The molecule has 8 heteroatoms. The monoisotopic (exact) mass is 445 g/mol. The molecule has 2 aromatic carbocycles. The van der Waals surface area contributed by atoms with Crippen LogP contribution >= 0.6 is 23.4 Å². The van der Waals surface area contributed by atoms with Gasteiger partial charge in [-0.2, -0.15) is 0 Å². The summed E-state index contributed by atoms with van der Waals surface area (Å²) in [7, 11) is 1.63. The van der Waals surface area contributed by atoms with Crippen molar-refractivity contribution in [2.45, 2.75) is 30.7 Å². The first kappa shape index (κ1) is 22.3. The van der Waals surface area contributed by atoms with Gasteiger partial charge in [-0.1, -0.05) is 41.6 Å². The molecule has 0 spiro atoms. The molecule has 0 bridgehead atoms. The molecule has 1 heterocycles. The van der Waals surface area contributed by atoms with E-state index < -0.39 is 5.25 Å². The van der Waals surface area contributed by atoms with E-state index in [0.717, 1.165) is 12.0 Å². The molecule has 3 aromatic rings. The average Bonchev–Trinajstić information content (AvgIpc) is 2.74. The fourth-order valence-electron chi connectivity index (χ4n) is 3.03. The Kier molecular flexibility index (Phi) is 7.53. The quantitative estimate of drug-likeness (QED) is 0.322. The van der Waals surface area contributed by atoms with Crippen LogP contribution in [0.2, 0.25) is 5.02 Å². The number of ether oxygens (including phenoxy) is 1. The third kappa shape index (κ3) is 4.86. The number of nitrogens with zero attached hydrogens (tertiary/aromatic N) is 2. The normalized spacial score (nSPS) is 12.1. The van der Waals surface area contributed by atoms with Crippen LogP contribution in [-0.4, -0.2) is 41.0 Å². The van der Waals surface area contributed by atoms with E-state index in [0.29, 0.717) is 39.9 Å². The smallest absolute Gasteiger partial charge is 0.266 e. The first-order chi connectivity index (χ1) is 14.4. The number of thioether (sulfide) groups is 1. The maximum absolute atomic E-state index is 13.4. The van der Waals surface area contributed by atoms with Crippen LogP contribution in [0, 0.1) is 6.92 Å². The van der Waals surface area contributed by atoms with Crippen molar-refractivity contribution in [2.75, 3.05) is 20.3 Å². The number of benzene rings is 2. The molecule has 158 valence electrons. The summed E-state index contributed by atoms with van der Waals surface area (Å²) >= 11 is 7.55. The van der Waals surface area contributed by atoms with Crippen LogP contribution < -0.4 is 10.9 Å². The largest absolute Gasteiger partial charge is 0.385 e. The number of methoxy groups -OCH3 is 1. The number of hydrogen-bond acceptors (Lipinski definition) is 5. The van der Waals surface area contributed by atoms with Gasteiger partial charge >= 0.3 is 0 Å². The van der Waals surface area contributed by atoms with E-state index in [4.69, 9.17) is 21.3 Å². The minimum Gasteiger partial charge on any atom is -0.385 e. The SMILES string of the molecule is COCCCNC(=O)C(C)Sc1nc2ccccc2c(=O)n1-c1cccc(Cl)c1C. The lowest BCUT2D eigenvalue weighted by molar-refractivity contribution is -0.120. The highest BCUT2D eigenvalue weighted by atomic mass is 35.5. The van der Waals surface area contributed by atoms with Crippen LogP contribution in [0.1, 0.15) is 18.9 Å². The highest BCUT2D eigenvalue weighted by Gasteiger charge is 2.21. The predicted octanol–water partition coefficient (Wildman–Crippen LogP) is 3.98. The first-order valence-electron chi connectivity index (χ1n) is 9.64. The van der Waals surface area contributed by atoms with Crippen molar-refractivity contribution in [2.24, 2.45) is 0 Å². The zero-order valence-corrected chi connectivity index (χ0v) is 18.7. The molecule has 30 heavy (non-hydrogen) atoms. The van der Waals surface area contributed by atoms with Gasteiger partial charge in [0.1, 0.15) is 0 Å². The second-order valence-corrected chi connectivity index (χ2v) is 8.55. The minimum atomic E-state index is -0.439. The number of carbonyl (C=O) groups excluding carboxylic acids is 1. The van der Waals surface area contributed by atoms with Crippen LogP contribution in [0.25, 0.3) is 16.6 Å². The standard InChI is InChI=1S/C22H24ClN3O3S/c1-14-17(23)9-6-11-19(14)26-21(28)16-8-4-5-10-18(16)25-22(26)30-15(2)20(27)24-12-7-13-29-3/h4-6,8-11,15H,7,12-13H2,1-3H3,(H,24,27). The number of amides is 1. The van der Waals surface area contributed by atoms with Crippen LogP contribution in [0.3, 0.4) is 0 Å². The van der Waals surface area contributed by atoms with Gasteiger partial charge in [0.2, 0.25) is 5.91 Å². The van der Waals surface area contributed by atoms with Gasteiger partial charge in [-0.05, 0) is 50.1 Å².